The third-order valence-corrected chi connectivity index (χ3v) is 2.54. The van der Waals surface area contributed by atoms with Crippen molar-refractivity contribution in [1.82, 2.24) is 15.1 Å². The van der Waals surface area contributed by atoms with E-state index < -0.39 is 0 Å². The van der Waals surface area contributed by atoms with E-state index in [2.05, 4.69) is 15.1 Å². The van der Waals surface area contributed by atoms with E-state index >= 15 is 0 Å². The van der Waals surface area contributed by atoms with Gasteiger partial charge >= 0.3 is 0 Å². The van der Waals surface area contributed by atoms with Gasteiger partial charge < -0.3 is 8.94 Å². The van der Waals surface area contributed by atoms with Crippen molar-refractivity contribution in [3.8, 4) is 23.0 Å². The Kier molecular flexibility index (Phi) is 2.44. The maximum absolute atomic E-state index is 5.23. The van der Waals surface area contributed by atoms with Gasteiger partial charge in [-0.1, -0.05) is 22.9 Å². The van der Waals surface area contributed by atoms with E-state index in [-0.39, 0.29) is 0 Å². The van der Waals surface area contributed by atoms with E-state index in [0.717, 1.165) is 11.1 Å². The first-order chi connectivity index (χ1) is 8.72. The van der Waals surface area contributed by atoms with Gasteiger partial charge in [-0.05, 0) is 19.1 Å². The molecule has 90 valence electrons. The largest absolute Gasteiger partial charge is 0.449 e. The maximum Gasteiger partial charge on any atom is 0.258 e. The molecule has 0 atom stereocenters. The van der Waals surface area contributed by atoms with Gasteiger partial charge in [-0.3, -0.25) is 0 Å². The highest BCUT2D eigenvalue weighted by Gasteiger charge is 2.13. The first kappa shape index (κ1) is 10.7. The molecule has 18 heavy (non-hydrogen) atoms. The fourth-order valence-corrected chi connectivity index (χ4v) is 1.69. The average Bonchev–Trinajstić information content (AvgIpc) is 2.97. The second kappa shape index (κ2) is 4.10. The number of rotatable bonds is 2. The molecular weight excluding hydrogens is 230 g/mol. The fraction of sp³-hybridized carbons (Fsp3) is 0.154. The van der Waals surface area contributed by atoms with Crippen molar-refractivity contribution in [2.24, 2.45) is 0 Å². The van der Waals surface area contributed by atoms with Crippen LogP contribution in [0.1, 0.15) is 11.5 Å². The SMILES string of the molecule is Cc1cccc(-c2nc(-c3coc(C)n3)no2)c1. The van der Waals surface area contributed by atoms with Crippen LogP contribution in [-0.4, -0.2) is 15.1 Å². The number of benzene rings is 1. The molecule has 0 N–H and O–H groups in total. The lowest BCUT2D eigenvalue weighted by atomic mass is 10.1. The molecule has 0 radical (unpaired) electrons. The van der Waals surface area contributed by atoms with Crippen LogP contribution in [0.15, 0.2) is 39.5 Å². The van der Waals surface area contributed by atoms with Gasteiger partial charge in [-0.25, -0.2) is 4.98 Å². The Hall–Kier alpha value is -2.43. The second-order valence-corrected chi connectivity index (χ2v) is 4.04. The average molecular weight is 241 g/mol. The van der Waals surface area contributed by atoms with Crippen LogP contribution < -0.4 is 0 Å². The van der Waals surface area contributed by atoms with Crippen LogP contribution in [0.3, 0.4) is 0 Å². The summed E-state index contributed by atoms with van der Waals surface area (Å²) in [5.74, 6) is 1.49. The molecule has 0 amide bonds. The Balaban J connectivity index is 1.99. The molecule has 0 unspecified atom stereocenters. The molecule has 0 saturated carbocycles. The molecule has 0 aliphatic carbocycles. The minimum Gasteiger partial charge on any atom is -0.449 e. The molecule has 0 aliphatic heterocycles. The number of nitrogens with zero attached hydrogens (tertiary/aromatic N) is 3. The maximum atomic E-state index is 5.23. The van der Waals surface area contributed by atoms with Gasteiger partial charge in [0.2, 0.25) is 5.82 Å². The van der Waals surface area contributed by atoms with Crippen molar-refractivity contribution in [2.45, 2.75) is 13.8 Å². The smallest absolute Gasteiger partial charge is 0.258 e. The summed E-state index contributed by atoms with van der Waals surface area (Å²) in [6.45, 7) is 3.78. The Labute approximate surface area is 103 Å². The molecular formula is C13H11N3O2. The van der Waals surface area contributed by atoms with Gasteiger partial charge in [0.05, 0.1) is 0 Å². The van der Waals surface area contributed by atoms with Crippen molar-refractivity contribution in [1.29, 1.82) is 0 Å². The summed E-state index contributed by atoms with van der Waals surface area (Å²) >= 11 is 0. The van der Waals surface area contributed by atoms with E-state index in [1.807, 2.05) is 31.2 Å². The van der Waals surface area contributed by atoms with Crippen LogP contribution in [0.2, 0.25) is 0 Å². The van der Waals surface area contributed by atoms with Gasteiger partial charge in [0, 0.05) is 12.5 Å². The topological polar surface area (TPSA) is 65.0 Å². The Morgan fingerprint density at radius 2 is 2.00 bits per heavy atom. The highest BCUT2D eigenvalue weighted by atomic mass is 16.5. The van der Waals surface area contributed by atoms with Crippen LogP contribution in [0.25, 0.3) is 23.0 Å². The summed E-state index contributed by atoms with van der Waals surface area (Å²) in [7, 11) is 0. The van der Waals surface area contributed by atoms with E-state index in [1.165, 1.54) is 6.26 Å². The van der Waals surface area contributed by atoms with Crippen molar-refractivity contribution >= 4 is 0 Å². The van der Waals surface area contributed by atoms with Crippen molar-refractivity contribution in [3.05, 3.63) is 42.0 Å². The van der Waals surface area contributed by atoms with E-state index in [9.17, 15) is 0 Å². The molecule has 3 aromatic rings. The molecule has 0 fully saturated rings. The zero-order valence-corrected chi connectivity index (χ0v) is 10.0. The zero-order chi connectivity index (χ0) is 12.5. The van der Waals surface area contributed by atoms with Crippen molar-refractivity contribution < 1.29 is 8.94 Å². The quantitative estimate of drug-likeness (QED) is 0.690. The van der Waals surface area contributed by atoms with Crippen LogP contribution in [0, 0.1) is 13.8 Å². The van der Waals surface area contributed by atoms with Crippen LogP contribution in [-0.2, 0) is 0 Å². The zero-order valence-electron chi connectivity index (χ0n) is 10.0. The van der Waals surface area contributed by atoms with Crippen LogP contribution >= 0.6 is 0 Å². The lowest BCUT2D eigenvalue weighted by Crippen LogP contribution is -1.82. The molecule has 0 saturated heterocycles. The lowest BCUT2D eigenvalue weighted by molar-refractivity contribution is 0.432. The van der Waals surface area contributed by atoms with Crippen LogP contribution in [0.5, 0.6) is 0 Å². The Morgan fingerprint density at radius 1 is 1.11 bits per heavy atom. The molecule has 0 bridgehead atoms. The monoisotopic (exact) mass is 241 g/mol. The number of oxazole rings is 1. The van der Waals surface area contributed by atoms with E-state index in [4.69, 9.17) is 8.94 Å². The van der Waals surface area contributed by atoms with Crippen LogP contribution in [0.4, 0.5) is 0 Å². The Morgan fingerprint density at radius 3 is 2.72 bits per heavy atom. The molecule has 5 nitrogen and oxygen atoms in total. The van der Waals surface area contributed by atoms with Gasteiger partial charge in [-0.2, -0.15) is 4.98 Å². The molecule has 1 aromatic carbocycles. The second-order valence-electron chi connectivity index (χ2n) is 4.04. The molecule has 5 heteroatoms. The third kappa shape index (κ3) is 1.90. The lowest BCUT2D eigenvalue weighted by Gasteiger charge is -1.94. The summed E-state index contributed by atoms with van der Waals surface area (Å²) in [6, 6.07) is 7.89. The third-order valence-electron chi connectivity index (χ3n) is 2.54. The van der Waals surface area contributed by atoms with Gasteiger partial charge in [-0.15, -0.1) is 0 Å². The number of hydrogen-bond donors (Lipinski definition) is 0. The summed E-state index contributed by atoms with van der Waals surface area (Å²) in [4.78, 5) is 8.46. The Bertz CT molecular complexity index is 685. The highest BCUT2D eigenvalue weighted by molar-refractivity contribution is 5.57. The standard InChI is InChI=1S/C13H11N3O2/c1-8-4-3-5-10(6-8)13-15-12(16-18-13)11-7-17-9(2)14-11/h3-7H,1-2H3. The normalized spacial score (nSPS) is 10.8. The molecule has 0 aliphatic rings. The highest BCUT2D eigenvalue weighted by Crippen LogP contribution is 2.22. The summed E-state index contributed by atoms with van der Waals surface area (Å²) in [5.41, 5.74) is 2.62. The van der Waals surface area contributed by atoms with E-state index in [0.29, 0.717) is 23.3 Å². The number of aryl methyl sites for hydroxylation is 2. The van der Waals surface area contributed by atoms with E-state index in [1.54, 1.807) is 6.92 Å². The summed E-state index contributed by atoms with van der Waals surface area (Å²) in [6.07, 6.45) is 1.51. The van der Waals surface area contributed by atoms with Gasteiger partial charge in [0.25, 0.3) is 5.89 Å². The fourth-order valence-electron chi connectivity index (χ4n) is 1.69. The van der Waals surface area contributed by atoms with Crippen molar-refractivity contribution in [2.75, 3.05) is 0 Å². The predicted molar refractivity (Wildman–Crippen MR) is 64.7 cm³/mol. The molecule has 2 aromatic heterocycles. The molecule has 2 heterocycles. The summed E-state index contributed by atoms with van der Waals surface area (Å²) in [5, 5.41) is 3.90. The first-order valence-electron chi connectivity index (χ1n) is 5.55. The van der Waals surface area contributed by atoms with Gasteiger partial charge in [0.1, 0.15) is 12.0 Å². The van der Waals surface area contributed by atoms with Gasteiger partial charge in [0.15, 0.2) is 5.89 Å². The number of hydrogen-bond acceptors (Lipinski definition) is 5. The molecule has 0 spiro atoms. The first-order valence-corrected chi connectivity index (χ1v) is 5.55. The minimum absolute atomic E-state index is 0.434. The minimum atomic E-state index is 0.434. The summed E-state index contributed by atoms with van der Waals surface area (Å²) < 4.78 is 10.3. The molecule has 3 rings (SSSR count). The predicted octanol–water partition coefficient (Wildman–Crippen LogP) is 3.01. The van der Waals surface area contributed by atoms with Crippen molar-refractivity contribution in [3.63, 3.8) is 0 Å². The number of aromatic nitrogens is 3.